The van der Waals surface area contributed by atoms with Gasteiger partial charge in [-0.25, -0.2) is 14.4 Å². The molecule has 0 bridgehead atoms. The van der Waals surface area contributed by atoms with E-state index in [1.54, 1.807) is 0 Å². The van der Waals surface area contributed by atoms with Gasteiger partial charge in [-0.3, -0.25) is 0 Å². The molecule has 246 valence electrons. The molecule has 1 saturated carbocycles. The van der Waals surface area contributed by atoms with Gasteiger partial charge in [-0.05, 0) is 49.9 Å². The molecule has 1 aliphatic rings. The molecule has 1 fully saturated rings. The third kappa shape index (κ3) is 16.4. The Morgan fingerprint density at radius 2 is 0.929 bits per heavy atom. The van der Waals surface area contributed by atoms with E-state index in [1.165, 1.54) is 0 Å². The van der Waals surface area contributed by atoms with Crippen molar-refractivity contribution < 1.29 is 42.8 Å². The van der Waals surface area contributed by atoms with Crippen LogP contribution in [0.15, 0.2) is 0 Å². The highest BCUT2D eigenvalue weighted by Gasteiger charge is 2.39. The second kappa shape index (κ2) is 23.3. The largest absolute Gasteiger partial charge is 0.508 e. The fraction of sp³-hybridized carbons (Fsp3) is 0.909. The lowest BCUT2D eigenvalue weighted by molar-refractivity contribution is -0.101. The second-order valence-electron chi connectivity index (χ2n) is 11.8. The minimum Gasteiger partial charge on any atom is -0.434 e. The van der Waals surface area contributed by atoms with Crippen LogP contribution >= 0.6 is 0 Å². The van der Waals surface area contributed by atoms with E-state index in [2.05, 4.69) is 41.5 Å². The lowest BCUT2D eigenvalue weighted by Gasteiger charge is -2.34. The third-order valence-corrected chi connectivity index (χ3v) is 8.38. The zero-order valence-corrected chi connectivity index (χ0v) is 27.4. The minimum absolute atomic E-state index is 0.177. The van der Waals surface area contributed by atoms with Crippen molar-refractivity contribution in [3.05, 3.63) is 0 Å². The van der Waals surface area contributed by atoms with Crippen LogP contribution in [-0.4, -0.2) is 56.6 Å². The van der Waals surface area contributed by atoms with E-state index in [-0.39, 0.29) is 24.9 Å². The Morgan fingerprint density at radius 1 is 0.548 bits per heavy atom. The van der Waals surface area contributed by atoms with Crippen molar-refractivity contribution in [1.82, 2.24) is 0 Å². The Bertz CT molecular complexity index is 728. The topological polar surface area (TPSA) is 107 Å². The first-order valence-electron chi connectivity index (χ1n) is 16.8. The van der Waals surface area contributed by atoms with Gasteiger partial charge in [-0.15, -0.1) is 0 Å². The van der Waals surface area contributed by atoms with E-state index < -0.39 is 36.8 Å². The molecule has 0 aliphatic heterocycles. The predicted octanol–water partition coefficient (Wildman–Crippen LogP) is 9.38. The maximum absolute atomic E-state index is 12.7. The Morgan fingerprint density at radius 3 is 1.31 bits per heavy atom. The molecule has 6 atom stereocenters. The molecule has 0 aromatic carbocycles. The molecule has 0 N–H and O–H groups in total. The zero-order chi connectivity index (χ0) is 31.2. The van der Waals surface area contributed by atoms with Crippen LogP contribution in [0.25, 0.3) is 0 Å². The molecular weight excluding hydrogens is 540 g/mol. The molecule has 0 spiro atoms. The lowest BCUT2D eigenvalue weighted by Crippen LogP contribution is -2.43. The molecule has 0 aromatic heterocycles. The summed E-state index contributed by atoms with van der Waals surface area (Å²) in [5.41, 5.74) is 0. The van der Waals surface area contributed by atoms with Gasteiger partial charge in [0.2, 0.25) is 0 Å². The summed E-state index contributed by atoms with van der Waals surface area (Å²) in [6.45, 7) is 13.5. The number of ether oxygens (including phenoxy) is 6. The van der Waals surface area contributed by atoms with Crippen LogP contribution < -0.4 is 0 Å². The van der Waals surface area contributed by atoms with Crippen molar-refractivity contribution >= 4 is 18.5 Å². The van der Waals surface area contributed by atoms with Crippen molar-refractivity contribution in [2.75, 3.05) is 19.8 Å². The van der Waals surface area contributed by atoms with Crippen LogP contribution in [0.2, 0.25) is 0 Å². The number of carbonyl (C=O) groups is 3. The summed E-state index contributed by atoms with van der Waals surface area (Å²) in [6.07, 6.45) is 8.79. The van der Waals surface area contributed by atoms with Gasteiger partial charge in [0.25, 0.3) is 0 Å². The van der Waals surface area contributed by atoms with Crippen molar-refractivity contribution in [3.63, 3.8) is 0 Å². The fourth-order valence-corrected chi connectivity index (χ4v) is 5.17. The van der Waals surface area contributed by atoms with Gasteiger partial charge in [-0.2, -0.15) is 0 Å². The van der Waals surface area contributed by atoms with E-state index in [0.717, 1.165) is 77.0 Å². The molecule has 0 saturated heterocycles. The first-order chi connectivity index (χ1) is 20.3. The zero-order valence-electron chi connectivity index (χ0n) is 27.4. The summed E-state index contributed by atoms with van der Waals surface area (Å²) in [5, 5.41) is 0. The quantitative estimate of drug-likeness (QED) is 0.0940. The Labute approximate surface area is 255 Å². The summed E-state index contributed by atoms with van der Waals surface area (Å²) >= 11 is 0. The predicted molar refractivity (Wildman–Crippen MR) is 162 cm³/mol. The minimum atomic E-state index is -0.831. The highest BCUT2D eigenvalue weighted by Crippen LogP contribution is 2.28. The number of hydrogen-bond donors (Lipinski definition) is 0. The van der Waals surface area contributed by atoms with Gasteiger partial charge in [0, 0.05) is 6.42 Å². The van der Waals surface area contributed by atoms with Crippen molar-refractivity contribution in [1.29, 1.82) is 0 Å². The molecule has 42 heavy (non-hydrogen) atoms. The van der Waals surface area contributed by atoms with Crippen LogP contribution in [-0.2, 0) is 28.4 Å². The fourth-order valence-electron chi connectivity index (χ4n) is 5.17. The normalized spacial score (nSPS) is 20.6. The summed E-state index contributed by atoms with van der Waals surface area (Å²) in [4.78, 5) is 37.7. The molecule has 1 rings (SSSR count). The smallest absolute Gasteiger partial charge is 0.434 e. The summed E-state index contributed by atoms with van der Waals surface area (Å²) < 4.78 is 33.1. The molecule has 6 unspecified atom stereocenters. The Balaban J connectivity index is 2.75. The summed E-state index contributed by atoms with van der Waals surface area (Å²) in [6, 6.07) is 0. The van der Waals surface area contributed by atoms with Gasteiger partial charge >= 0.3 is 18.5 Å². The molecular formula is C33H60O9. The highest BCUT2D eigenvalue weighted by atomic mass is 16.8. The summed E-state index contributed by atoms with van der Waals surface area (Å²) in [5.74, 6) is 0.848. The van der Waals surface area contributed by atoms with Gasteiger partial charge < -0.3 is 28.4 Å². The van der Waals surface area contributed by atoms with Crippen LogP contribution in [0.1, 0.15) is 138 Å². The second-order valence-corrected chi connectivity index (χ2v) is 11.8. The van der Waals surface area contributed by atoms with E-state index in [0.29, 0.717) is 32.0 Å². The van der Waals surface area contributed by atoms with E-state index in [9.17, 15) is 14.4 Å². The average molecular weight is 601 g/mol. The number of unbranched alkanes of at least 4 members (excludes halogenated alkanes) is 3. The van der Waals surface area contributed by atoms with Crippen LogP contribution in [0.5, 0.6) is 0 Å². The molecule has 1 aliphatic carbocycles. The standard InChI is InChI=1S/C33H60O9/c1-7-13-16-25(10-4)22-37-31(34)40-28-19-20-29(41-32(35)38-23-26(11-5)17-14-8-2)30(21-28)42-33(36)39-24-27(12-6)18-15-9-3/h25-30H,7-24H2,1-6H3. The monoisotopic (exact) mass is 600 g/mol. The molecule has 0 radical (unpaired) electrons. The maximum Gasteiger partial charge on any atom is 0.508 e. The van der Waals surface area contributed by atoms with E-state index >= 15 is 0 Å². The maximum atomic E-state index is 12.7. The van der Waals surface area contributed by atoms with Gasteiger partial charge in [0.1, 0.15) is 18.3 Å². The lowest BCUT2D eigenvalue weighted by atomic mass is 9.92. The average Bonchev–Trinajstić information content (AvgIpc) is 2.98. The van der Waals surface area contributed by atoms with Crippen molar-refractivity contribution in [2.45, 2.75) is 156 Å². The van der Waals surface area contributed by atoms with Gasteiger partial charge in [0.15, 0.2) is 0 Å². The molecule has 0 amide bonds. The van der Waals surface area contributed by atoms with Crippen LogP contribution in [0, 0.1) is 17.8 Å². The SMILES string of the molecule is CCCCC(CC)COC(=O)OC1CCC(OC(=O)OCC(CC)CCCC)C(OC(=O)OCC(CC)CCCC)C1. The first-order valence-corrected chi connectivity index (χ1v) is 16.8. The molecule has 0 aromatic rings. The summed E-state index contributed by atoms with van der Waals surface area (Å²) in [7, 11) is 0. The van der Waals surface area contributed by atoms with E-state index in [1.807, 2.05) is 0 Å². The van der Waals surface area contributed by atoms with Crippen LogP contribution in [0.3, 0.4) is 0 Å². The van der Waals surface area contributed by atoms with E-state index in [4.69, 9.17) is 28.4 Å². The molecule has 9 nitrogen and oxygen atoms in total. The third-order valence-electron chi connectivity index (χ3n) is 8.38. The van der Waals surface area contributed by atoms with Crippen LogP contribution in [0.4, 0.5) is 14.4 Å². The number of carbonyl (C=O) groups excluding carboxylic acids is 3. The highest BCUT2D eigenvalue weighted by molar-refractivity contribution is 5.62. The first kappa shape index (κ1) is 37.8. The number of hydrogen-bond acceptors (Lipinski definition) is 9. The number of rotatable bonds is 21. The Hall–Kier alpha value is -2.19. The molecule has 0 heterocycles. The van der Waals surface area contributed by atoms with Crippen molar-refractivity contribution in [3.8, 4) is 0 Å². The Kier molecular flexibility index (Phi) is 21.0. The van der Waals surface area contributed by atoms with Gasteiger partial charge in [0.05, 0.1) is 19.8 Å². The van der Waals surface area contributed by atoms with Gasteiger partial charge in [-0.1, -0.05) is 99.3 Å². The van der Waals surface area contributed by atoms with Crippen molar-refractivity contribution in [2.24, 2.45) is 17.8 Å². The molecule has 9 heteroatoms.